The number of thiophene rings is 1. The van der Waals surface area contributed by atoms with Crippen LogP contribution in [0, 0.1) is 29.6 Å². The van der Waals surface area contributed by atoms with E-state index in [1.807, 2.05) is 0 Å². The molecule has 5 heterocycles. The van der Waals surface area contributed by atoms with Crippen molar-refractivity contribution >= 4 is 119 Å². The second-order valence-electron chi connectivity index (χ2n) is 19.8. The third-order valence-corrected chi connectivity index (χ3v) is 17.2. The Kier molecular flexibility index (Phi) is 8.86. The summed E-state index contributed by atoms with van der Waals surface area (Å²) in [5.41, 5.74) is 14.2. The van der Waals surface area contributed by atoms with E-state index in [9.17, 15) is 10.5 Å². The highest BCUT2D eigenvalue weighted by atomic mass is 32.1. The van der Waals surface area contributed by atoms with Gasteiger partial charge in [0.2, 0.25) is 0 Å². The Hall–Kier alpha value is -10.2. The molecular weight excluding hydrogens is 945 g/mol. The van der Waals surface area contributed by atoms with Crippen LogP contribution in [-0.4, -0.2) is 18.3 Å². The van der Waals surface area contributed by atoms with Crippen molar-refractivity contribution in [2.75, 3.05) is 0 Å². The number of benzene rings is 11. The first-order chi connectivity index (χ1) is 37.6. The van der Waals surface area contributed by atoms with E-state index in [0.29, 0.717) is 33.9 Å². The molecule has 7 heteroatoms. The normalized spacial score (nSPS) is 12.0. The number of rotatable bonds is 5. The lowest BCUT2D eigenvalue weighted by Gasteiger charge is -2.27. The number of para-hydroxylation sites is 6. The average Bonchev–Trinajstić information content (AvgIpc) is 4.44. The van der Waals surface area contributed by atoms with Crippen LogP contribution in [0.5, 0.6) is 0 Å². The van der Waals surface area contributed by atoms with Gasteiger partial charge in [0.1, 0.15) is 23.3 Å². The summed E-state index contributed by atoms with van der Waals surface area (Å²) in [5, 5.41) is 36.3. The smallest absolute Gasteiger partial charge is 0.104 e. The molecule has 0 atom stereocenters. The van der Waals surface area contributed by atoms with Gasteiger partial charge in [0.05, 0.1) is 66.9 Å². The van der Waals surface area contributed by atoms with E-state index in [0.717, 1.165) is 98.4 Å². The highest BCUT2D eigenvalue weighted by Crippen LogP contribution is 2.51. The minimum absolute atomic E-state index is 0.428. The molecule has 0 saturated carbocycles. The molecule has 0 spiro atoms. The maximum atomic E-state index is 12.8. The molecule has 5 aromatic heterocycles. The fraction of sp³-hybridized carbons (Fsp3) is 0.0145. The maximum Gasteiger partial charge on any atom is 0.104 e. The zero-order valence-electron chi connectivity index (χ0n) is 41.0. The van der Waals surface area contributed by atoms with Crippen molar-refractivity contribution < 1.29 is 0 Å². The SMILES string of the molecule is Cc1ccccc1-c1ccc2c(c1)c1c3sc4ccccc4c3ccc1n2-c1c(C#N)c(-n2c3ccccc3c3ccccc32)c(-n2c3ccccc3c3ccccc32)c(C#N)c1-n1c2ccccc2c2ccccc21. The van der Waals surface area contributed by atoms with Crippen LogP contribution in [0.15, 0.2) is 224 Å². The Morgan fingerprint density at radius 1 is 0.329 bits per heavy atom. The second kappa shape index (κ2) is 15.9. The third-order valence-electron chi connectivity index (χ3n) is 16.0. The van der Waals surface area contributed by atoms with Crippen LogP contribution in [-0.2, 0) is 0 Å². The molecule has 0 N–H and O–H groups in total. The van der Waals surface area contributed by atoms with Gasteiger partial charge in [0.15, 0.2) is 0 Å². The molecule has 11 aromatic carbocycles. The summed E-state index contributed by atoms with van der Waals surface area (Å²) in [5.74, 6) is 0. The fourth-order valence-corrected chi connectivity index (χ4v) is 14.1. The van der Waals surface area contributed by atoms with Crippen molar-refractivity contribution in [1.82, 2.24) is 18.3 Å². The number of aromatic nitrogens is 4. The number of hydrogen-bond acceptors (Lipinski definition) is 3. The summed E-state index contributed by atoms with van der Waals surface area (Å²) in [6.07, 6.45) is 0. The summed E-state index contributed by atoms with van der Waals surface area (Å²) >= 11 is 1.81. The molecule has 0 bridgehead atoms. The topological polar surface area (TPSA) is 67.3 Å². The molecule has 0 unspecified atom stereocenters. The van der Waals surface area contributed by atoms with Crippen LogP contribution in [0.4, 0.5) is 0 Å². The van der Waals surface area contributed by atoms with Crippen LogP contribution < -0.4 is 0 Å². The van der Waals surface area contributed by atoms with E-state index >= 15 is 0 Å². The van der Waals surface area contributed by atoms with Gasteiger partial charge in [-0.1, -0.05) is 164 Å². The van der Waals surface area contributed by atoms with Gasteiger partial charge in [0.25, 0.3) is 0 Å². The van der Waals surface area contributed by atoms with Crippen LogP contribution in [0.25, 0.3) is 141 Å². The Balaban J connectivity index is 1.21. The van der Waals surface area contributed by atoms with E-state index in [2.05, 4.69) is 262 Å². The molecule has 16 aromatic rings. The van der Waals surface area contributed by atoms with Crippen molar-refractivity contribution in [3.63, 3.8) is 0 Å². The Bertz CT molecular complexity index is 5130. The first-order valence-corrected chi connectivity index (χ1v) is 26.4. The van der Waals surface area contributed by atoms with E-state index in [1.54, 1.807) is 11.3 Å². The quantitative estimate of drug-likeness (QED) is 0.172. The van der Waals surface area contributed by atoms with Gasteiger partial charge in [-0.15, -0.1) is 11.3 Å². The lowest BCUT2D eigenvalue weighted by molar-refractivity contribution is 1.02. The summed E-state index contributed by atoms with van der Waals surface area (Å²) in [4.78, 5) is 0. The van der Waals surface area contributed by atoms with E-state index < -0.39 is 0 Å². The zero-order chi connectivity index (χ0) is 50.3. The van der Waals surface area contributed by atoms with Crippen molar-refractivity contribution in [2.45, 2.75) is 6.92 Å². The summed E-state index contributed by atoms with van der Waals surface area (Å²) in [6, 6.07) is 85.2. The van der Waals surface area contributed by atoms with E-state index in [-0.39, 0.29) is 0 Å². The van der Waals surface area contributed by atoms with Gasteiger partial charge in [-0.05, 0) is 84.3 Å². The molecule has 352 valence electrons. The Labute approximate surface area is 439 Å². The molecule has 16 rings (SSSR count). The van der Waals surface area contributed by atoms with Crippen LogP contribution in [0.2, 0.25) is 0 Å². The lowest BCUT2D eigenvalue weighted by atomic mass is 9.98. The number of nitrogens with zero attached hydrogens (tertiary/aromatic N) is 6. The minimum Gasteiger partial charge on any atom is -0.306 e. The van der Waals surface area contributed by atoms with Gasteiger partial charge in [-0.2, -0.15) is 10.5 Å². The van der Waals surface area contributed by atoms with Gasteiger partial charge in [-0.25, -0.2) is 0 Å². The summed E-state index contributed by atoms with van der Waals surface area (Å²) in [6.45, 7) is 2.17. The van der Waals surface area contributed by atoms with E-state index in [1.165, 1.54) is 25.7 Å². The third kappa shape index (κ3) is 5.61. The minimum atomic E-state index is 0.428. The van der Waals surface area contributed by atoms with Crippen LogP contribution >= 0.6 is 11.3 Å². The fourth-order valence-electron chi connectivity index (χ4n) is 12.9. The van der Waals surface area contributed by atoms with Crippen molar-refractivity contribution in [1.29, 1.82) is 10.5 Å². The molecule has 6 nitrogen and oxygen atoms in total. The molecule has 0 aliphatic rings. The van der Waals surface area contributed by atoms with Gasteiger partial charge in [-0.3, -0.25) is 0 Å². The first-order valence-electron chi connectivity index (χ1n) is 25.6. The highest BCUT2D eigenvalue weighted by molar-refractivity contribution is 7.26. The molecule has 0 fully saturated rings. The Morgan fingerprint density at radius 2 is 0.684 bits per heavy atom. The molecule has 0 saturated heterocycles. The number of hydrogen-bond donors (Lipinski definition) is 0. The van der Waals surface area contributed by atoms with E-state index in [4.69, 9.17) is 0 Å². The second-order valence-corrected chi connectivity index (χ2v) is 20.8. The zero-order valence-corrected chi connectivity index (χ0v) is 41.8. The Morgan fingerprint density at radius 3 is 1.12 bits per heavy atom. The van der Waals surface area contributed by atoms with Crippen molar-refractivity contribution in [3.05, 3.63) is 241 Å². The molecule has 0 aliphatic heterocycles. The van der Waals surface area contributed by atoms with Gasteiger partial charge >= 0.3 is 0 Å². The molecule has 76 heavy (non-hydrogen) atoms. The predicted octanol–water partition coefficient (Wildman–Crippen LogP) is 18.2. The van der Waals surface area contributed by atoms with Crippen molar-refractivity contribution in [3.8, 4) is 46.0 Å². The van der Waals surface area contributed by atoms with Gasteiger partial charge in [0, 0.05) is 63.3 Å². The summed E-state index contributed by atoms with van der Waals surface area (Å²) < 4.78 is 11.5. The highest BCUT2D eigenvalue weighted by Gasteiger charge is 2.35. The maximum absolute atomic E-state index is 12.8. The van der Waals surface area contributed by atoms with Crippen LogP contribution in [0.3, 0.4) is 0 Å². The molecule has 0 aliphatic carbocycles. The first kappa shape index (κ1) is 42.3. The molecule has 0 amide bonds. The average molecular weight is 985 g/mol. The number of nitriles is 2. The number of fused-ring (bicyclic) bond motifs is 16. The van der Waals surface area contributed by atoms with Crippen LogP contribution in [0.1, 0.15) is 16.7 Å². The van der Waals surface area contributed by atoms with Crippen molar-refractivity contribution in [2.24, 2.45) is 0 Å². The monoisotopic (exact) mass is 984 g/mol. The largest absolute Gasteiger partial charge is 0.306 e. The standard InChI is InChI=1S/C69H40N6S/c1-41-18-2-3-19-43(41)42-34-36-61-52(38-42)64-62(37-35-51-50-26-10-17-33-63(50)76-69(51)64)75(61)68-54(40-71)66(73-57-29-13-6-22-46(57)47-23-7-14-30-58(47)73)65(72-55-27-11-4-20-44(55)45-21-5-12-28-56(45)72)53(39-70)67(68)74-59-31-15-8-24-48(59)49-25-9-16-32-60(49)74/h2-38H,1H3. The lowest BCUT2D eigenvalue weighted by Crippen LogP contribution is -2.16. The number of aryl methyl sites for hydroxylation is 1. The van der Waals surface area contributed by atoms with Gasteiger partial charge < -0.3 is 18.3 Å². The molecule has 0 radical (unpaired) electrons. The predicted molar refractivity (Wildman–Crippen MR) is 316 cm³/mol. The molecular formula is C69H40N6S. The summed E-state index contributed by atoms with van der Waals surface area (Å²) in [7, 11) is 0.